The topological polar surface area (TPSA) is 60.8 Å². The zero-order chi connectivity index (χ0) is 11.5. The van der Waals surface area contributed by atoms with E-state index in [-0.39, 0.29) is 11.3 Å². The standard InChI is InChI=1S/C12H15NO3/c14-11-7-9(12(15)16)3-4-10(11)8-13-5-1-2-6-13/h3-4,7,14H,1-2,5-6,8H2,(H,15,16). The van der Waals surface area contributed by atoms with Crippen molar-refractivity contribution in [3.05, 3.63) is 29.3 Å². The number of aromatic carboxylic acids is 1. The summed E-state index contributed by atoms with van der Waals surface area (Å²) in [6, 6.07) is 4.54. The highest BCUT2D eigenvalue weighted by Crippen LogP contribution is 2.22. The highest BCUT2D eigenvalue weighted by molar-refractivity contribution is 5.88. The molecule has 0 aliphatic carbocycles. The number of likely N-dealkylation sites (tertiary alicyclic amines) is 1. The molecular formula is C12H15NO3. The van der Waals surface area contributed by atoms with Crippen molar-refractivity contribution in [3.8, 4) is 5.75 Å². The fraction of sp³-hybridized carbons (Fsp3) is 0.417. The maximum Gasteiger partial charge on any atom is 0.335 e. The van der Waals surface area contributed by atoms with E-state index < -0.39 is 5.97 Å². The van der Waals surface area contributed by atoms with Crippen LogP contribution in [0.3, 0.4) is 0 Å². The Labute approximate surface area is 94.1 Å². The minimum atomic E-state index is -1.01. The second kappa shape index (κ2) is 4.53. The second-order valence-electron chi connectivity index (χ2n) is 4.13. The van der Waals surface area contributed by atoms with Crippen molar-refractivity contribution in [2.45, 2.75) is 19.4 Å². The van der Waals surface area contributed by atoms with Crippen molar-refractivity contribution in [1.82, 2.24) is 4.90 Å². The Morgan fingerprint density at radius 3 is 2.56 bits per heavy atom. The van der Waals surface area contributed by atoms with Crippen molar-refractivity contribution in [2.24, 2.45) is 0 Å². The van der Waals surface area contributed by atoms with Gasteiger partial charge in [-0.25, -0.2) is 4.79 Å². The van der Waals surface area contributed by atoms with Crippen LogP contribution in [0.1, 0.15) is 28.8 Å². The average Bonchev–Trinajstić information content (AvgIpc) is 2.73. The van der Waals surface area contributed by atoms with Crippen LogP contribution in [-0.4, -0.2) is 34.2 Å². The molecule has 0 unspecified atom stereocenters. The molecule has 1 heterocycles. The van der Waals surface area contributed by atoms with E-state index in [4.69, 9.17) is 5.11 Å². The van der Waals surface area contributed by atoms with Gasteiger partial charge in [-0.1, -0.05) is 6.07 Å². The molecule has 4 nitrogen and oxygen atoms in total. The first kappa shape index (κ1) is 11.0. The lowest BCUT2D eigenvalue weighted by atomic mass is 10.1. The van der Waals surface area contributed by atoms with E-state index >= 15 is 0 Å². The summed E-state index contributed by atoms with van der Waals surface area (Å²) >= 11 is 0. The summed E-state index contributed by atoms with van der Waals surface area (Å²) in [5, 5.41) is 18.5. The molecule has 0 bridgehead atoms. The lowest BCUT2D eigenvalue weighted by Gasteiger charge is -2.15. The van der Waals surface area contributed by atoms with E-state index in [0.29, 0.717) is 6.54 Å². The number of phenolic OH excluding ortho intramolecular Hbond substituents is 1. The Kier molecular flexibility index (Phi) is 3.10. The number of carbonyl (C=O) groups is 1. The van der Waals surface area contributed by atoms with Gasteiger partial charge in [-0.15, -0.1) is 0 Å². The summed E-state index contributed by atoms with van der Waals surface area (Å²) in [4.78, 5) is 12.9. The number of benzene rings is 1. The molecule has 0 radical (unpaired) electrons. The zero-order valence-electron chi connectivity index (χ0n) is 9.02. The SMILES string of the molecule is O=C(O)c1ccc(CN2CCCC2)c(O)c1. The first-order chi connectivity index (χ1) is 7.66. The zero-order valence-corrected chi connectivity index (χ0v) is 9.02. The molecule has 1 aliphatic heterocycles. The van der Waals surface area contributed by atoms with E-state index in [1.807, 2.05) is 0 Å². The molecule has 1 saturated heterocycles. The minimum absolute atomic E-state index is 0.0757. The van der Waals surface area contributed by atoms with E-state index in [0.717, 1.165) is 18.7 Å². The van der Waals surface area contributed by atoms with Crippen LogP contribution in [0.5, 0.6) is 5.75 Å². The Morgan fingerprint density at radius 1 is 1.31 bits per heavy atom. The number of carboxylic acid groups (broad SMARTS) is 1. The van der Waals surface area contributed by atoms with Crippen LogP contribution in [0.2, 0.25) is 0 Å². The Bertz CT molecular complexity index is 397. The van der Waals surface area contributed by atoms with Gasteiger partial charge in [0.05, 0.1) is 5.56 Å². The predicted molar refractivity (Wildman–Crippen MR) is 59.6 cm³/mol. The minimum Gasteiger partial charge on any atom is -0.508 e. The van der Waals surface area contributed by atoms with E-state index in [1.165, 1.54) is 25.0 Å². The van der Waals surface area contributed by atoms with Crippen LogP contribution in [0, 0.1) is 0 Å². The van der Waals surface area contributed by atoms with Crippen LogP contribution in [0.4, 0.5) is 0 Å². The molecule has 2 rings (SSSR count). The molecule has 0 spiro atoms. The lowest BCUT2D eigenvalue weighted by Crippen LogP contribution is -2.18. The van der Waals surface area contributed by atoms with Crippen LogP contribution in [-0.2, 0) is 6.54 Å². The smallest absolute Gasteiger partial charge is 0.335 e. The molecule has 1 aromatic rings. The molecule has 1 aliphatic rings. The fourth-order valence-corrected chi connectivity index (χ4v) is 2.01. The molecule has 1 aromatic carbocycles. The maximum atomic E-state index is 10.7. The molecule has 0 atom stereocenters. The molecule has 0 saturated carbocycles. The van der Waals surface area contributed by atoms with Crippen molar-refractivity contribution in [1.29, 1.82) is 0 Å². The summed E-state index contributed by atoms with van der Waals surface area (Å²) < 4.78 is 0. The average molecular weight is 221 g/mol. The number of hydrogen-bond acceptors (Lipinski definition) is 3. The third-order valence-electron chi connectivity index (χ3n) is 2.92. The largest absolute Gasteiger partial charge is 0.508 e. The summed E-state index contributed by atoms with van der Waals surface area (Å²) in [6.07, 6.45) is 2.40. The van der Waals surface area contributed by atoms with E-state index in [9.17, 15) is 9.90 Å². The van der Waals surface area contributed by atoms with Gasteiger partial charge in [0.25, 0.3) is 0 Å². The van der Waals surface area contributed by atoms with E-state index in [1.54, 1.807) is 6.07 Å². The van der Waals surface area contributed by atoms with Crippen molar-refractivity contribution in [3.63, 3.8) is 0 Å². The molecule has 0 amide bonds. The van der Waals surface area contributed by atoms with E-state index in [2.05, 4.69) is 4.90 Å². The number of aromatic hydroxyl groups is 1. The number of phenols is 1. The number of carboxylic acids is 1. The summed E-state index contributed by atoms with van der Waals surface area (Å²) in [7, 11) is 0. The van der Waals surface area contributed by atoms with Crippen LogP contribution in [0.15, 0.2) is 18.2 Å². The summed E-state index contributed by atoms with van der Waals surface area (Å²) in [5.41, 5.74) is 0.926. The Hall–Kier alpha value is -1.55. The van der Waals surface area contributed by atoms with Gasteiger partial charge in [0, 0.05) is 12.1 Å². The summed E-state index contributed by atoms with van der Waals surface area (Å²) in [6.45, 7) is 2.81. The summed E-state index contributed by atoms with van der Waals surface area (Å²) in [5.74, 6) is -0.935. The van der Waals surface area contributed by atoms with Crippen LogP contribution < -0.4 is 0 Å². The quantitative estimate of drug-likeness (QED) is 0.815. The van der Waals surface area contributed by atoms with Crippen molar-refractivity contribution >= 4 is 5.97 Å². The molecule has 16 heavy (non-hydrogen) atoms. The second-order valence-corrected chi connectivity index (χ2v) is 4.13. The molecule has 86 valence electrons. The van der Waals surface area contributed by atoms with Crippen molar-refractivity contribution in [2.75, 3.05) is 13.1 Å². The Balaban J connectivity index is 2.12. The number of hydrogen-bond donors (Lipinski definition) is 2. The third-order valence-corrected chi connectivity index (χ3v) is 2.92. The first-order valence-electron chi connectivity index (χ1n) is 5.44. The van der Waals surface area contributed by atoms with Crippen molar-refractivity contribution < 1.29 is 15.0 Å². The Morgan fingerprint density at radius 2 is 2.00 bits per heavy atom. The van der Waals surface area contributed by atoms with Gasteiger partial charge in [-0.3, -0.25) is 4.90 Å². The number of nitrogens with zero attached hydrogens (tertiary/aromatic N) is 1. The molecule has 4 heteroatoms. The van der Waals surface area contributed by atoms with Gasteiger partial charge >= 0.3 is 5.97 Å². The number of rotatable bonds is 3. The first-order valence-corrected chi connectivity index (χ1v) is 5.44. The predicted octanol–water partition coefficient (Wildman–Crippen LogP) is 1.69. The molecular weight excluding hydrogens is 206 g/mol. The maximum absolute atomic E-state index is 10.7. The van der Waals surface area contributed by atoms with Gasteiger partial charge in [0.15, 0.2) is 0 Å². The van der Waals surface area contributed by atoms with Gasteiger partial charge in [-0.2, -0.15) is 0 Å². The molecule has 1 fully saturated rings. The normalized spacial score (nSPS) is 16.5. The lowest BCUT2D eigenvalue weighted by molar-refractivity contribution is 0.0696. The highest BCUT2D eigenvalue weighted by atomic mass is 16.4. The highest BCUT2D eigenvalue weighted by Gasteiger charge is 2.14. The van der Waals surface area contributed by atoms with Gasteiger partial charge in [0.2, 0.25) is 0 Å². The molecule has 2 N–H and O–H groups in total. The third kappa shape index (κ3) is 2.33. The van der Waals surface area contributed by atoms with Gasteiger partial charge in [-0.05, 0) is 38.1 Å². The monoisotopic (exact) mass is 221 g/mol. The van der Waals surface area contributed by atoms with Crippen LogP contribution in [0.25, 0.3) is 0 Å². The fourth-order valence-electron chi connectivity index (χ4n) is 2.01. The van der Waals surface area contributed by atoms with Gasteiger partial charge in [0.1, 0.15) is 5.75 Å². The molecule has 0 aromatic heterocycles. The van der Waals surface area contributed by atoms with Crippen LogP contribution >= 0.6 is 0 Å². The van der Waals surface area contributed by atoms with Gasteiger partial charge < -0.3 is 10.2 Å².